The van der Waals surface area contributed by atoms with Crippen molar-refractivity contribution in [1.29, 1.82) is 0 Å². The minimum absolute atomic E-state index is 0.0435. The first-order valence-electron chi connectivity index (χ1n) is 12.8. The van der Waals surface area contributed by atoms with Crippen LogP contribution >= 0.6 is 0 Å². The fourth-order valence-electron chi connectivity index (χ4n) is 4.71. The van der Waals surface area contributed by atoms with Crippen LogP contribution in [-0.2, 0) is 11.3 Å². The van der Waals surface area contributed by atoms with Crippen LogP contribution in [-0.4, -0.2) is 52.7 Å². The van der Waals surface area contributed by atoms with Gasteiger partial charge in [0.15, 0.2) is 5.88 Å². The molecule has 1 aliphatic rings. The molecule has 8 heteroatoms. The number of aromatic nitrogens is 1. The Morgan fingerprint density at radius 2 is 1.79 bits per heavy atom. The van der Waals surface area contributed by atoms with Crippen molar-refractivity contribution in [2.75, 3.05) is 19.6 Å². The van der Waals surface area contributed by atoms with Gasteiger partial charge in [0, 0.05) is 29.0 Å². The number of rotatable bonds is 7. The number of nitrogens with one attached hydrogen (secondary N) is 2. The molecule has 1 fully saturated rings. The molecule has 6 nitrogen and oxygen atoms in total. The van der Waals surface area contributed by atoms with E-state index in [0.29, 0.717) is 22.4 Å². The van der Waals surface area contributed by atoms with E-state index >= 15 is 0 Å². The fraction of sp³-hybridized carbons (Fsp3) is 0.226. The maximum atomic E-state index is 12.3. The van der Waals surface area contributed by atoms with E-state index in [9.17, 15) is 18.7 Å². The Morgan fingerprint density at radius 3 is 2.51 bits per heavy atom. The van der Waals surface area contributed by atoms with Gasteiger partial charge in [-0.1, -0.05) is 54.5 Å². The van der Waals surface area contributed by atoms with Crippen LogP contribution in [0.2, 0.25) is 0 Å². The quantitative estimate of drug-likeness (QED) is 0.224. The zero-order chi connectivity index (χ0) is 27.2. The van der Waals surface area contributed by atoms with Crippen LogP contribution in [0, 0.1) is 11.8 Å². The third-order valence-corrected chi connectivity index (χ3v) is 6.58. The number of aromatic amines is 1. The van der Waals surface area contributed by atoms with Crippen molar-refractivity contribution in [3.05, 3.63) is 95.1 Å². The van der Waals surface area contributed by atoms with E-state index in [1.807, 2.05) is 42.5 Å². The highest BCUT2D eigenvalue weighted by Crippen LogP contribution is 2.32. The van der Waals surface area contributed by atoms with E-state index in [-0.39, 0.29) is 5.88 Å². The zero-order valence-electron chi connectivity index (χ0n) is 21.3. The van der Waals surface area contributed by atoms with Gasteiger partial charge in [-0.3, -0.25) is 9.69 Å². The lowest BCUT2D eigenvalue weighted by molar-refractivity contribution is -0.116. The maximum absolute atomic E-state index is 12.3. The van der Waals surface area contributed by atoms with E-state index in [0.717, 1.165) is 36.3 Å². The van der Waals surface area contributed by atoms with Gasteiger partial charge in [-0.05, 0) is 55.8 Å². The van der Waals surface area contributed by atoms with E-state index in [4.69, 9.17) is 4.99 Å². The number of nitrogens with zero attached hydrogens (tertiary/aromatic N) is 2. The van der Waals surface area contributed by atoms with E-state index in [1.54, 1.807) is 18.2 Å². The van der Waals surface area contributed by atoms with Gasteiger partial charge in [0.25, 0.3) is 12.3 Å². The van der Waals surface area contributed by atoms with Crippen LogP contribution in [0.4, 0.5) is 14.5 Å². The molecule has 0 aliphatic carbocycles. The summed E-state index contributed by atoms with van der Waals surface area (Å²) in [6.07, 6.45) is -0.135. The number of H-pyrrole nitrogens is 1. The predicted octanol–water partition coefficient (Wildman–Crippen LogP) is 5.37. The second-order valence-electron chi connectivity index (χ2n) is 9.44. The largest absolute Gasteiger partial charge is 0.494 e. The number of aliphatic imine (C=N–C) groups is 1. The Kier molecular flexibility index (Phi) is 7.99. The van der Waals surface area contributed by atoms with Crippen molar-refractivity contribution in [3.63, 3.8) is 0 Å². The molecule has 198 valence electrons. The topological polar surface area (TPSA) is 80.7 Å². The summed E-state index contributed by atoms with van der Waals surface area (Å²) in [4.78, 5) is 22.1. The average Bonchev–Trinajstić information content (AvgIpc) is 3.57. The third kappa shape index (κ3) is 6.51. The van der Waals surface area contributed by atoms with Gasteiger partial charge in [0.05, 0.1) is 29.0 Å². The predicted molar refractivity (Wildman–Crippen MR) is 149 cm³/mol. The Morgan fingerprint density at radius 1 is 1.05 bits per heavy atom. The molecule has 1 saturated heterocycles. The second-order valence-corrected chi connectivity index (χ2v) is 9.44. The van der Waals surface area contributed by atoms with Crippen molar-refractivity contribution in [2.24, 2.45) is 4.99 Å². The smallest absolute Gasteiger partial charge is 0.296 e. The maximum Gasteiger partial charge on any atom is 0.296 e. The summed E-state index contributed by atoms with van der Waals surface area (Å²) >= 11 is 0. The van der Waals surface area contributed by atoms with Gasteiger partial charge < -0.3 is 15.4 Å². The molecule has 2 heterocycles. The summed E-state index contributed by atoms with van der Waals surface area (Å²) < 4.78 is 24.6. The first-order valence-corrected chi connectivity index (χ1v) is 12.8. The van der Waals surface area contributed by atoms with Crippen molar-refractivity contribution in [3.8, 4) is 17.7 Å². The highest BCUT2D eigenvalue weighted by molar-refractivity contribution is 6.22. The standard InChI is InChI=1S/C31H28F2N4O2/c32-27(33)19-34-28(38)15-11-21-10-14-25-26(18-21)36-31(39)29(25)30(23-6-2-1-3-7-23)35-24-12-8-22(9-13-24)20-37-16-4-5-17-37/h1-3,6-10,12-14,18,27,36,39H,4-5,16-17,19-20H2,(H,34,38). The van der Waals surface area contributed by atoms with E-state index in [1.165, 1.54) is 18.4 Å². The van der Waals surface area contributed by atoms with Crippen LogP contribution in [0.15, 0.2) is 77.8 Å². The van der Waals surface area contributed by atoms with Gasteiger partial charge in [0.1, 0.15) is 0 Å². The van der Waals surface area contributed by atoms with E-state index < -0.39 is 18.9 Å². The first kappa shape index (κ1) is 26.1. The number of fused-ring (bicyclic) bond motifs is 1. The molecule has 5 rings (SSSR count). The van der Waals surface area contributed by atoms with Crippen molar-refractivity contribution in [1.82, 2.24) is 15.2 Å². The van der Waals surface area contributed by atoms with Crippen molar-refractivity contribution in [2.45, 2.75) is 25.8 Å². The van der Waals surface area contributed by atoms with Crippen LogP contribution in [0.3, 0.4) is 0 Å². The number of carbonyl (C=O) groups excluding carboxylic acids is 1. The number of hydrogen-bond acceptors (Lipinski definition) is 4. The summed E-state index contributed by atoms with van der Waals surface area (Å²) in [7, 11) is 0. The number of hydrogen-bond donors (Lipinski definition) is 3. The van der Waals surface area contributed by atoms with Crippen LogP contribution < -0.4 is 5.32 Å². The summed E-state index contributed by atoms with van der Waals surface area (Å²) in [5.74, 6) is 4.17. The molecule has 39 heavy (non-hydrogen) atoms. The Balaban J connectivity index is 1.47. The monoisotopic (exact) mass is 526 g/mol. The van der Waals surface area contributed by atoms with E-state index in [2.05, 4.69) is 39.2 Å². The lowest BCUT2D eigenvalue weighted by Crippen LogP contribution is -2.26. The molecule has 0 spiro atoms. The summed E-state index contributed by atoms with van der Waals surface area (Å²) in [6.45, 7) is 2.45. The third-order valence-electron chi connectivity index (χ3n) is 6.58. The van der Waals surface area contributed by atoms with Gasteiger partial charge >= 0.3 is 0 Å². The van der Waals surface area contributed by atoms with Crippen LogP contribution in [0.1, 0.15) is 35.1 Å². The minimum atomic E-state index is -2.64. The number of aromatic hydroxyl groups is 1. The Hall–Kier alpha value is -4.48. The molecule has 3 aromatic carbocycles. The van der Waals surface area contributed by atoms with Gasteiger partial charge in [-0.2, -0.15) is 0 Å². The van der Waals surface area contributed by atoms with Crippen molar-refractivity contribution >= 4 is 28.2 Å². The number of alkyl halides is 2. The number of benzene rings is 3. The summed E-state index contributed by atoms with van der Waals surface area (Å²) in [5, 5.41) is 13.7. The summed E-state index contributed by atoms with van der Waals surface area (Å²) in [6, 6.07) is 23.0. The Bertz CT molecular complexity index is 1540. The van der Waals surface area contributed by atoms with Crippen LogP contribution in [0.5, 0.6) is 5.88 Å². The van der Waals surface area contributed by atoms with Crippen molar-refractivity contribution < 1.29 is 18.7 Å². The first-order chi connectivity index (χ1) is 19.0. The molecule has 4 aromatic rings. The van der Waals surface area contributed by atoms with Crippen LogP contribution in [0.25, 0.3) is 10.9 Å². The molecule has 3 N–H and O–H groups in total. The second kappa shape index (κ2) is 11.9. The number of halogens is 2. The fourth-order valence-corrected chi connectivity index (χ4v) is 4.71. The highest BCUT2D eigenvalue weighted by atomic mass is 19.3. The lowest BCUT2D eigenvalue weighted by Gasteiger charge is -2.14. The number of amides is 1. The lowest BCUT2D eigenvalue weighted by atomic mass is 10.00. The molecule has 0 unspecified atom stereocenters. The molecule has 1 amide bonds. The Labute approximate surface area is 225 Å². The molecular formula is C31H28F2N4O2. The minimum Gasteiger partial charge on any atom is -0.494 e. The zero-order valence-corrected chi connectivity index (χ0v) is 21.3. The molecule has 0 saturated carbocycles. The molecule has 0 atom stereocenters. The van der Waals surface area contributed by atoms with Gasteiger partial charge in [0.2, 0.25) is 0 Å². The number of likely N-dealkylation sites (tertiary alicyclic amines) is 1. The summed E-state index contributed by atoms with van der Waals surface area (Å²) in [5.41, 5.74) is 5.10. The number of carbonyl (C=O) groups is 1. The molecule has 0 bridgehead atoms. The average molecular weight is 527 g/mol. The molecular weight excluding hydrogens is 498 g/mol. The highest BCUT2D eigenvalue weighted by Gasteiger charge is 2.19. The molecule has 1 aromatic heterocycles. The molecule has 0 radical (unpaired) electrons. The van der Waals surface area contributed by atoms with Gasteiger partial charge in [-0.15, -0.1) is 0 Å². The normalized spacial score (nSPS) is 14.0. The van der Waals surface area contributed by atoms with Gasteiger partial charge in [-0.25, -0.2) is 13.8 Å². The molecule has 1 aliphatic heterocycles. The SMILES string of the molecule is O=C(C#Cc1ccc2c(C(=Nc3ccc(CN4CCCC4)cc3)c3ccccc3)c(O)[nH]c2c1)NCC(F)F.